The fourth-order valence-electron chi connectivity index (χ4n) is 5.38. The Hall–Kier alpha value is -2.15. The van der Waals surface area contributed by atoms with Gasteiger partial charge in [0.05, 0.1) is 13.1 Å². The maximum atomic E-state index is 13.7. The molecule has 6 heteroatoms. The molecule has 0 saturated carbocycles. The summed E-state index contributed by atoms with van der Waals surface area (Å²) < 4.78 is 0. The van der Waals surface area contributed by atoms with Crippen LogP contribution in [-0.2, 0) is 9.59 Å². The van der Waals surface area contributed by atoms with Gasteiger partial charge in [-0.05, 0) is 108 Å². The van der Waals surface area contributed by atoms with Gasteiger partial charge in [0, 0.05) is 17.1 Å². The molecule has 0 heterocycles. The van der Waals surface area contributed by atoms with Gasteiger partial charge in [-0.25, -0.2) is 0 Å². The van der Waals surface area contributed by atoms with Crippen LogP contribution in [0.15, 0.2) is 41.3 Å². The Bertz CT molecular complexity index is 1050. The molecule has 0 N–H and O–H groups in total. The Labute approximate surface area is 255 Å². The standard InChI is InChI=1S/C35H55N3O2S/c1-8-11-22-37(27-33(40)41-35-30(6)19-16-20-31(35)7)24-14-13-23-36(21-10-3)26-32(39)38(25-12-9-2)34-28(4)17-15-18-29(34)5/h15-20H,8-14,21-27H2,1-7H3. The number of para-hydroxylation sites is 1. The van der Waals surface area contributed by atoms with Crippen LogP contribution in [0.5, 0.6) is 0 Å². The van der Waals surface area contributed by atoms with Crippen molar-refractivity contribution in [1.29, 1.82) is 0 Å². The summed E-state index contributed by atoms with van der Waals surface area (Å²) in [6.07, 6.45) is 7.36. The minimum absolute atomic E-state index is 0.197. The third kappa shape index (κ3) is 11.9. The lowest BCUT2D eigenvalue weighted by molar-refractivity contribution is -0.119. The first-order valence-corrected chi connectivity index (χ1v) is 16.6. The van der Waals surface area contributed by atoms with E-state index in [1.807, 2.05) is 4.90 Å². The van der Waals surface area contributed by atoms with E-state index in [-0.39, 0.29) is 11.0 Å². The highest BCUT2D eigenvalue weighted by atomic mass is 32.2. The van der Waals surface area contributed by atoms with Gasteiger partial charge in [-0.1, -0.05) is 81.8 Å². The molecular weight excluding hydrogens is 526 g/mol. The fraction of sp³-hybridized carbons (Fsp3) is 0.600. The first-order valence-electron chi connectivity index (χ1n) is 15.8. The van der Waals surface area contributed by atoms with Crippen molar-refractivity contribution in [3.63, 3.8) is 0 Å². The van der Waals surface area contributed by atoms with E-state index >= 15 is 0 Å². The number of amides is 1. The summed E-state index contributed by atoms with van der Waals surface area (Å²) in [5.41, 5.74) is 5.74. The number of unbranched alkanes of at least 4 members (excludes halogenated alkanes) is 3. The smallest absolute Gasteiger partial charge is 0.241 e. The number of hydrogen-bond donors (Lipinski definition) is 0. The van der Waals surface area contributed by atoms with Gasteiger partial charge in [-0.15, -0.1) is 0 Å². The van der Waals surface area contributed by atoms with E-state index in [1.165, 1.54) is 22.9 Å². The molecule has 2 aromatic rings. The van der Waals surface area contributed by atoms with Crippen molar-refractivity contribution in [2.75, 3.05) is 50.7 Å². The maximum absolute atomic E-state index is 13.7. The minimum Gasteiger partial charge on any atom is -0.311 e. The molecule has 0 aliphatic carbocycles. The SMILES string of the molecule is CCCCN(CCCCN(CCC)CC(=O)N(CCCC)c1c(C)cccc1C)CC(=O)Sc1c(C)cccc1C. The van der Waals surface area contributed by atoms with Crippen molar-refractivity contribution in [2.24, 2.45) is 0 Å². The van der Waals surface area contributed by atoms with Crippen LogP contribution < -0.4 is 4.90 Å². The molecule has 2 aromatic carbocycles. The monoisotopic (exact) mass is 581 g/mol. The zero-order valence-electron chi connectivity index (χ0n) is 26.9. The van der Waals surface area contributed by atoms with E-state index in [0.717, 1.165) is 99.4 Å². The van der Waals surface area contributed by atoms with Gasteiger partial charge in [0.2, 0.25) is 11.0 Å². The van der Waals surface area contributed by atoms with Gasteiger partial charge >= 0.3 is 0 Å². The molecule has 0 unspecified atom stereocenters. The van der Waals surface area contributed by atoms with Gasteiger partial charge in [-0.2, -0.15) is 0 Å². The number of rotatable bonds is 19. The molecule has 1 amide bonds. The van der Waals surface area contributed by atoms with Gasteiger partial charge in [0.1, 0.15) is 0 Å². The molecule has 0 radical (unpaired) electrons. The van der Waals surface area contributed by atoms with E-state index in [0.29, 0.717) is 13.1 Å². The molecule has 0 aliphatic rings. The number of hydrogen-bond acceptors (Lipinski definition) is 5. The molecule has 0 spiro atoms. The Morgan fingerprint density at radius 2 is 1.10 bits per heavy atom. The van der Waals surface area contributed by atoms with E-state index in [9.17, 15) is 9.59 Å². The lowest BCUT2D eigenvalue weighted by Gasteiger charge is -2.30. The van der Waals surface area contributed by atoms with Crippen molar-refractivity contribution in [3.05, 3.63) is 58.7 Å². The summed E-state index contributed by atoms with van der Waals surface area (Å²) in [5, 5.41) is 0.218. The predicted octanol–water partition coefficient (Wildman–Crippen LogP) is 7.97. The minimum atomic E-state index is 0.197. The molecule has 0 aliphatic heterocycles. The summed E-state index contributed by atoms with van der Waals surface area (Å²) in [6, 6.07) is 12.5. The molecule has 0 bridgehead atoms. The zero-order chi connectivity index (χ0) is 30.2. The molecule has 0 fully saturated rings. The van der Waals surface area contributed by atoms with Crippen LogP contribution in [0.2, 0.25) is 0 Å². The van der Waals surface area contributed by atoms with Crippen LogP contribution in [0.1, 0.15) is 88.0 Å². The van der Waals surface area contributed by atoms with Crippen LogP contribution in [0.3, 0.4) is 0 Å². The fourth-order valence-corrected chi connectivity index (χ4v) is 6.32. The Kier molecular flexibility index (Phi) is 16.3. The second-order valence-corrected chi connectivity index (χ2v) is 12.5. The van der Waals surface area contributed by atoms with Crippen LogP contribution >= 0.6 is 11.8 Å². The average Bonchev–Trinajstić information content (AvgIpc) is 2.93. The van der Waals surface area contributed by atoms with Crippen molar-refractivity contribution in [1.82, 2.24) is 9.80 Å². The molecule has 0 aromatic heterocycles. The van der Waals surface area contributed by atoms with E-state index in [4.69, 9.17) is 0 Å². The zero-order valence-corrected chi connectivity index (χ0v) is 27.7. The Balaban J connectivity index is 1.96. The van der Waals surface area contributed by atoms with Crippen molar-refractivity contribution < 1.29 is 9.59 Å². The summed E-state index contributed by atoms with van der Waals surface area (Å²) in [5.74, 6) is 0.197. The van der Waals surface area contributed by atoms with E-state index < -0.39 is 0 Å². The van der Waals surface area contributed by atoms with E-state index in [1.54, 1.807) is 0 Å². The van der Waals surface area contributed by atoms with Crippen molar-refractivity contribution >= 4 is 28.5 Å². The third-order valence-electron chi connectivity index (χ3n) is 7.65. The summed E-state index contributed by atoms with van der Waals surface area (Å²) in [6.45, 7) is 20.3. The highest BCUT2D eigenvalue weighted by Crippen LogP contribution is 2.27. The summed E-state index contributed by atoms with van der Waals surface area (Å²) >= 11 is 1.39. The lowest BCUT2D eigenvalue weighted by atomic mass is 10.1. The molecule has 2 rings (SSSR count). The Morgan fingerprint density at radius 3 is 1.63 bits per heavy atom. The number of carbonyl (C=O) groups excluding carboxylic acids is 2. The summed E-state index contributed by atoms with van der Waals surface area (Å²) in [7, 11) is 0. The number of nitrogens with zero attached hydrogens (tertiary/aromatic N) is 3. The number of carbonyl (C=O) groups is 2. The highest BCUT2D eigenvalue weighted by molar-refractivity contribution is 8.13. The maximum Gasteiger partial charge on any atom is 0.241 e. The summed E-state index contributed by atoms with van der Waals surface area (Å²) in [4.78, 5) is 34.5. The van der Waals surface area contributed by atoms with Crippen LogP contribution in [0, 0.1) is 27.7 Å². The van der Waals surface area contributed by atoms with Crippen molar-refractivity contribution in [3.8, 4) is 0 Å². The van der Waals surface area contributed by atoms with E-state index in [2.05, 4.69) is 94.7 Å². The highest BCUT2D eigenvalue weighted by Gasteiger charge is 2.21. The second-order valence-electron chi connectivity index (χ2n) is 11.4. The second kappa shape index (κ2) is 19.1. The average molecular weight is 582 g/mol. The van der Waals surface area contributed by atoms with Crippen LogP contribution in [-0.4, -0.2) is 66.6 Å². The normalized spacial score (nSPS) is 11.4. The van der Waals surface area contributed by atoms with Crippen LogP contribution in [0.25, 0.3) is 0 Å². The topological polar surface area (TPSA) is 43.9 Å². The molecule has 41 heavy (non-hydrogen) atoms. The predicted molar refractivity (Wildman–Crippen MR) is 177 cm³/mol. The molecular formula is C35H55N3O2S. The molecule has 0 saturated heterocycles. The largest absolute Gasteiger partial charge is 0.311 e. The number of benzene rings is 2. The van der Waals surface area contributed by atoms with Gasteiger partial charge in [0.15, 0.2) is 0 Å². The lowest BCUT2D eigenvalue weighted by Crippen LogP contribution is -2.42. The first kappa shape index (κ1) is 35.0. The third-order valence-corrected chi connectivity index (χ3v) is 8.85. The molecule has 228 valence electrons. The molecule has 5 nitrogen and oxygen atoms in total. The number of thioether (sulfide) groups is 1. The Morgan fingerprint density at radius 1 is 0.610 bits per heavy atom. The molecule has 0 atom stereocenters. The van der Waals surface area contributed by atoms with Crippen LogP contribution in [0.4, 0.5) is 5.69 Å². The van der Waals surface area contributed by atoms with Gasteiger partial charge in [-0.3, -0.25) is 19.4 Å². The van der Waals surface area contributed by atoms with Crippen molar-refractivity contribution in [2.45, 2.75) is 98.3 Å². The number of anilines is 1. The van der Waals surface area contributed by atoms with Gasteiger partial charge in [0.25, 0.3) is 0 Å². The first-order chi connectivity index (χ1) is 19.7. The van der Waals surface area contributed by atoms with Gasteiger partial charge < -0.3 is 4.90 Å². The quantitative estimate of drug-likeness (QED) is 0.124. The number of aryl methyl sites for hydroxylation is 4.